The zero-order valence-corrected chi connectivity index (χ0v) is 16.9. The van der Waals surface area contributed by atoms with E-state index in [1.807, 2.05) is 25.1 Å². The molecule has 0 aliphatic carbocycles. The summed E-state index contributed by atoms with van der Waals surface area (Å²) in [5.74, 6) is 1.15. The fourth-order valence-corrected chi connectivity index (χ4v) is 3.86. The van der Waals surface area contributed by atoms with Crippen LogP contribution in [-0.2, 0) is 9.53 Å². The van der Waals surface area contributed by atoms with Crippen LogP contribution in [0.2, 0.25) is 5.02 Å². The maximum atomic E-state index is 12.1. The Balaban J connectivity index is 1.72. The first kappa shape index (κ1) is 19.5. The number of hydrogen-bond acceptors (Lipinski definition) is 6. The third-order valence-electron chi connectivity index (χ3n) is 5.20. The smallest absolute Gasteiger partial charge is 0.309 e. The van der Waals surface area contributed by atoms with Crippen LogP contribution in [0, 0.1) is 5.92 Å². The molecule has 29 heavy (non-hydrogen) atoms. The van der Waals surface area contributed by atoms with Gasteiger partial charge in [-0.05, 0) is 50.1 Å². The molecule has 0 atom stereocenters. The first-order valence-electron chi connectivity index (χ1n) is 9.74. The van der Waals surface area contributed by atoms with Gasteiger partial charge < -0.3 is 14.7 Å². The Labute approximate surface area is 174 Å². The number of hydrogen-bond donors (Lipinski definition) is 1. The van der Waals surface area contributed by atoms with E-state index in [2.05, 4.69) is 9.88 Å². The summed E-state index contributed by atoms with van der Waals surface area (Å²) in [7, 11) is 0. The van der Waals surface area contributed by atoms with Crippen LogP contribution in [-0.4, -0.2) is 40.7 Å². The van der Waals surface area contributed by atoms with Gasteiger partial charge >= 0.3 is 5.97 Å². The summed E-state index contributed by atoms with van der Waals surface area (Å²) in [6, 6.07) is 12.5. The number of carbonyl (C=O) groups is 1. The molecule has 4 rings (SSSR count). The number of ether oxygens (including phenoxy) is 1. The molecule has 0 bridgehead atoms. The Morgan fingerprint density at radius 1 is 1.21 bits per heavy atom. The second kappa shape index (κ2) is 8.25. The first-order chi connectivity index (χ1) is 14.1. The predicted molar refractivity (Wildman–Crippen MR) is 113 cm³/mol. The van der Waals surface area contributed by atoms with Crippen molar-refractivity contribution in [2.75, 3.05) is 24.6 Å². The van der Waals surface area contributed by atoms with Crippen LogP contribution in [0.15, 0.2) is 42.5 Å². The molecule has 0 spiro atoms. The maximum absolute atomic E-state index is 12.1. The number of fused-ring (bicyclic) bond motifs is 1. The van der Waals surface area contributed by atoms with Crippen molar-refractivity contribution in [3.63, 3.8) is 0 Å². The maximum Gasteiger partial charge on any atom is 0.309 e. The molecule has 0 amide bonds. The van der Waals surface area contributed by atoms with Gasteiger partial charge in [0.25, 0.3) is 0 Å². The van der Waals surface area contributed by atoms with Crippen molar-refractivity contribution in [2.24, 2.45) is 5.92 Å². The van der Waals surface area contributed by atoms with E-state index >= 15 is 0 Å². The molecular formula is C22H22ClN3O3. The molecule has 3 aromatic rings. The number of aromatic nitrogens is 2. The quantitative estimate of drug-likeness (QED) is 0.640. The highest BCUT2D eigenvalue weighted by Gasteiger charge is 2.28. The van der Waals surface area contributed by atoms with Gasteiger partial charge in [-0.2, -0.15) is 0 Å². The predicted octanol–water partition coefficient (Wildman–Crippen LogP) is 4.44. The van der Waals surface area contributed by atoms with Gasteiger partial charge in [-0.3, -0.25) is 4.79 Å². The summed E-state index contributed by atoms with van der Waals surface area (Å²) < 4.78 is 5.17. The van der Waals surface area contributed by atoms with Crippen LogP contribution in [0.25, 0.3) is 22.3 Å². The molecule has 0 radical (unpaired) electrons. The van der Waals surface area contributed by atoms with E-state index in [0.29, 0.717) is 54.5 Å². The lowest BCUT2D eigenvalue weighted by atomic mass is 9.97. The van der Waals surface area contributed by atoms with Gasteiger partial charge in [0.05, 0.1) is 23.6 Å². The van der Waals surface area contributed by atoms with Crippen molar-refractivity contribution in [1.29, 1.82) is 0 Å². The fraction of sp³-hybridized carbons (Fsp3) is 0.318. The number of para-hydroxylation sites is 1. The van der Waals surface area contributed by atoms with E-state index in [0.717, 1.165) is 11.2 Å². The molecule has 0 saturated carbocycles. The Kier molecular flexibility index (Phi) is 5.53. The van der Waals surface area contributed by atoms with E-state index in [1.54, 1.807) is 24.3 Å². The highest BCUT2D eigenvalue weighted by molar-refractivity contribution is 6.31. The number of phenolic OH excluding ortho intramolecular Hbond substituents is 1. The van der Waals surface area contributed by atoms with Crippen LogP contribution in [0.1, 0.15) is 19.8 Å². The lowest BCUT2D eigenvalue weighted by Gasteiger charge is -2.32. The van der Waals surface area contributed by atoms with Crippen LogP contribution in [0.4, 0.5) is 5.82 Å². The number of esters is 1. The topological polar surface area (TPSA) is 75.5 Å². The highest BCUT2D eigenvalue weighted by atomic mass is 35.5. The summed E-state index contributed by atoms with van der Waals surface area (Å²) in [6.45, 7) is 3.61. The van der Waals surface area contributed by atoms with Gasteiger partial charge in [-0.1, -0.05) is 23.7 Å². The van der Waals surface area contributed by atoms with Gasteiger partial charge in [0.15, 0.2) is 5.82 Å². The second-order valence-corrected chi connectivity index (χ2v) is 7.50. The summed E-state index contributed by atoms with van der Waals surface area (Å²) in [5.41, 5.74) is 1.28. The molecule has 2 heterocycles. The van der Waals surface area contributed by atoms with Crippen molar-refractivity contribution in [1.82, 2.24) is 9.97 Å². The van der Waals surface area contributed by atoms with Gasteiger partial charge in [0.1, 0.15) is 11.6 Å². The molecule has 1 N–H and O–H groups in total. The molecule has 150 valence electrons. The Morgan fingerprint density at radius 3 is 2.69 bits per heavy atom. The molecule has 2 aromatic carbocycles. The third kappa shape index (κ3) is 3.98. The number of anilines is 1. The monoisotopic (exact) mass is 411 g/mol. The summed E-state index contributed by atoms with van der Waals surface area (Å²) in [5, 5.41) is 11.7. The van der Waals surface area contributed by atoms with Crippen LogP contribution in [0.5, 0.6) is 5.75 Å². The normalized spacial score (nSPS) is 14.9. The number of carbonyl (C=O) groups excluding carboxylic acids is 1. The molecule has 1 fully saturated rings. The number of aromatic hydroxyl groups is 1. The minimum atomic E-state index is -0.124. The van der Waals surface area contributed by atoms with Crippen molar-refractivity contribution < 1.29 is 14.6 Å². The highest BCUT2D eigenvalue weighted by Crippen LogP contribution is 2.34. The Bertz CT molecular complexity index is 1050. The van der Waals surface area contributed by atoms with Crippen molar-refractivity contribution in [2.45, 2.75) is 19.8 Å². The molecule has 0 unspecified atom stereocenters. The summed E-state index contributed by atoms with van der Waals surface area (Å²) >= 11 is 6.20. The Morgan fingerprint density at radius 2 is 1.97 bits per heavy atom. The van der Waals surface area contributed by atoms with E-state index in [9.17, 15) is 9.90 Å². The number of rotatable bonds is 4. The van der Waals surface area contributed by atoms with E-state index in [-0.39, 0.29) is 17.6 Å². The van der Waals surface area contributed by atoms with Crippen LogP contribution >= 0.6 is 11.6 Å². The molecule has 1 aliphatic rings. The largest absolute Gasteiger partial charge is 0.507 e. The SMILES string of the molecule is CCOC(=O)C1CCN(c2nc(-c3ccccc3O)nc3cc(Cl)ccc23)CC1. The fourth-order valence-electron chi connectivity index (χ4n) is 3.70. The second-order valence-electron chi connectivity index (χ2n) is 7.06. The van der Waals surface area contributed by atoms with Gasteiger partial charge in [0, 0.05) is 23.5 Å². The van der Waals surface area contributed by atoms with Gasteiger partial charge in [0.2, 0.25) is 0 Å². The van der Waals surface area contributed by atoms with Crippen LogP contribution < -0.4 is 4.90 Å². The van der Waals surface area contributed by atoms with Crippen LogP contribution in [0.3, 0.4) is 0 Å². The first-order valence-corrected chi connectivity index (χ1v) is 10.1. The van der Waals surface area contributed by atoms with E-state index in [1.165, 1.54) is 0 Å². The molecule has 1 aromatic heterocycles. The number of halogens is 1. The van der Waals surface area contributed by atoms with Gasteiger partial charge in [-0.15, -0.1) is 0 Å². The molecule has 1 aliphatic heterocycles. The third-order valence-corrected chi connectivity index (χ3v) is 5.43. The summed E-state index contributed by atoms with van der Waals surface area (Å²) in [6.07, 6.45) is 1.42. The van der Waals surface area contributed by atoms with Crippen molar-refractivity contribution >= 4 is 34.3 Å². The number of piperidine rings is 1. The Hall–Kier alpha value is -2.86. The van der Waals surface area contributed by atoms with Crippen molar-refractivity contribution in [3.05, 3.63) is 47.5 Å². The van der Waals surface area contributed by atoms with Crippen molar-refractivity contribution in [3.8, 4) is 17.1 Å². The average Bonchev–Trinajstić information content (AvgIpc) is 2.73. The number of nitrogens with zero attached hydrogens (tertiary/aromatic N) is 3. The zero-order valence-electron chi connectivity index (χ0n) is 16.1. The zero-order chi connectivity index (χ0) is 20.4. The average molecular weight is 412 g/mol. The molecule has 7 heteroatoms. The summed E-state index contributed by atoms with van der Waals surface area (Å²) in [4.78, 5) is 23.6. The number of benzene rings is 2. The minimum Gasteiger partial charge on any atom is -0.507 e. The van der Waals surface area contributed by atoms with Gasteiger partial charge in [-0.25, -0.2) is 9.97 Å². The van der Waals surface area contributed by atoms with E-state index < -0.39 is 0 Å². The lowest BCUT2D eigenvalue weighted by molar-refractivity contribution is -0.148. The van der Waals surface area contributed by atoms with E-state index in [4.69, 9.17) is 21.3 Å². The minimum absolute atomic E-state index is 0.0774. The molecule has 6 nitrogen and oxygen atoms in total. The number of phenols is 1. The molecule has 1 saturated heterocycles. The standard InChI is InChI=1S/C22H22ClN3O3/c1-2-29-22(28)14-9-11-26(12-10-14)21-16-8-7-15(23)13-18(16)24-20(25-21)17-5-3-4-6-19(17)27/h3-8,13-14,27H,2,9-12H2,1H3. The molecular weight excluding hydrogens is 390 g/mol. The lowest BCUT2D eigenvalue weighted by Crippen LogP contribution is -2.37.